The molecule has 17 heteroatoms. The maximum absolute atomic E-state index is 15.0. The van der Waals surface area contributed by atoms with Crippen LogP contribution in [0.2, 0.25) is 5.04 Å². The first-order valence-electron chi connectivity index (χ1n) is 24.7. The van der Waals surface area contributed by atoms with E-state index < -0.39 is 64.3 Å². The van der Waals surface area contributed by atoms with Crippen LogP contribution in [0.1, 0.15) is 96.7 Å². The fourth-order valence-corrected chi connectivity index (χ4v) is 11.4. The van der Waals surface area contributed by atoms with Crippen LogP contribution < -0.4 is 10.7 Å². The van der Waals surface area contributed by atoms with Gasteiger partial charge in [-0.1, -0.05) is 58.0 Å². The highest BCUT2D eigenvalue weighted by Crippen LogP contribution is 2.44. The second-order valence-electron chi connectivity index (χ2n) is 21.0. The number of allylic oxidation sites excluding steroid dienone is 1. The van der Waals surface area contributed by atoms with Crippen molar-refractivity contribution < 1.29 is 37.8 Å². The lowest BCUT2D eigenvalue weighted by Gasteiger charge is -2.44. The Kier molecular flexibility index (Phi) is 16.4. The number of hydrogen-bond acceptors (Lipinski definition) is 9. The zero-order valence-electron chi connectivity index (χ0n) is 42.6. The molecular formula is C54H68FN7O7Si2. The zero-order chi connectivity index (χ0) is 51.6. The lowest BCUT2D eigenvalue weighted by Crippen LogP contribution is -2.68. The van der Waals surface area contributed by atoms with E-state index in [1.807, 2.05) is 51.1 Å². The van der Waals surface area contributed by atoms with Gasteiger partial charge in [0.1, 0.15) is 39.9 Å². The fourth-order valence-electron chi connectivity index (χ4n) is 10.6. The van der Waals surface area contributed by atoms with Crippen molar-refractivity contribution in [3.63, 3.8) is 0 Å². The van der Waals surface area contributed by atoms with Gasteiger partial charge in [-0.2, -0.15) is 0 Å². The van der Waals surface area contributed by atoms with Gasteiger partial charge in [0, 0.05) is 85.2 Å². The summed E-state index contributed by atoms with van der Waals surface area (Å²) in [4.78, 5) is 78.2. The average Bonchev–Trinajstić information content (AvgIpc) is 3.90. The molecular weight excluding hydrogens is 934 g/mol. The molecule has 376 valence electrons. The molecule has 71 heavy (non-hydrogen) atoms. The van der Waals surface area contributed by atoms with E-state index in [1.165, 1.54) is 14.8 Å². The SMILES string of the molecule is CO[C@@H](C)c1ncccc1-c1c2c3cc(ccc3n1C(C)C)-c1cccc(c1)C[C@H](NC(=O)[C@H](C(C)C)N(C)C(=O)[C@]1([Si])CCN(C(=O)/C=C/CF)C1)C(=O)N1CCC[C@@](C(=O)[Si])(COCC(C)(C)C2)N1. The quantitative estimate of drug-likeness (QED) is 0.121. The van der Waals surface area contributed by atoms with Crippen LogP contribution >= 0.6 is 0 Å². The van der Waals surface area contributed by atoms with E-state index in [9.17, 15) is 23.6 Å². The summed E-state index contributed by atoms with van der Waals surface area (Å²) in [6, 6.07) is 16.5. The number of rotatable bonds is 12. The van der Waals surface area contributed by atoms with Crippen molar-refractivity contribution in [3.05, 3.63) is 89.8 Å². The van der Waals surface area contributed by atoms with Crippen molar-refractivity contribution in [1.82, 2.24) is 35.1 Å². The molecule has 0 unspecified atom stereocenters. The largest absolute Gasteiger partial charge is 0.378 e. The van der Waals surface area contributed by atoms with Crippen LogP contribution in [0.15, 0.2) is 72.9 Å². The minimum Gasteiger partial charge on any atom is -0.378 e. The van der Waals surface area contributed by atoms with Crippen molar-refractivity contribution >= 4 is 60.4 Å². The Labute approximate surface area is 424 Å². The number of nitrogens with zero attached hydrogens (tertiary/aromatic N) is 5. The molecule has 0 aliphatic carbocycles. The lowest BCUT2D eigenvalue weighted by atomic mass is 9.84. The van der Waals surface area contributed by atoms with Gasteiger partial charge in [0.05, 0.1) is 35.7 Å². The van der Waals surface area contributed by atoms with E-state index in [0.717, 1.165) is 62.3 Å². The number of methoxy groups -OCH3 is 1. The minimum atomic E-state index is -1.30. The number of hydrazine groups is 1. The minimum absolute atomic E-state index is 0.0280. The van der Waals surface area contributed by atoms with Gasteiger partial charge in [-0.25, -0.2) is 9.82 Å². The lowest BCUT2D eigenvalue weighted by molar-refractivity contribution is -0.149. The van der Waals surface area contributed by atoms with Crippen LogP contribution in [0, 0.1) is 11.3 Å². The van der Waals surface area contributed by atoms with Gasteiger partial charge in [0.15, 0.2) is 0 Å². The highest BCUT2D eigenvalue weighted by atomic mass is 28.1. The molecule has 3 aliphatic rings. The van der Waals surface area contributed by atoms with Gasteiger partial charge in [-0.05, 0) is 110 Å². The summed E-state index contributed by atoms with van der Waals surface area (Å²) in [6.07, 6.45) is 5.67. The second-order valence-corrected chi connectivity index (χ2v) is 22.4. The number of likely N-dealkylation sites (N-methyl/N-ethyl adjacent to an activating group) is 1. The fraction of sp³-hybridized carbons (Fsp3) is 0.519. The molecule has 5 heterocycles. The standard InChI is InChI=1S/C54H68FN7O7Si2/c1-33(2)46(59(8)50(66)54(71)21-25-60(30-54)44(63)17-11-22-55)48(64)57-42-27-36-14-10-15-37(26-36)38-18-19-43-40(28-38)41(47(62(43)34(3)4)39-16-12-23-56-45(39)35(5)68-9)29-52(6,7)31-69-32-53(51(67)70)20-13-24-61(58-53)49(42)65/h10-12,14-19,23,26,28,33-35,42,46,58H,13,20-22,24-25,27,29-32H2,1-9H3,(H,57,64)/b17-11+/t35-,42-,46-,53-,54-/m0/s1. The molecule has 6 radical (unpaired) electrons. The maximum Gasteiger partial charge on any atom is 0.259 e. The van der Waals surface area contributed by atoms with Crippen molar-refractivity contribution in [2.24, 2.45) is 11.3 Å². The number of ether oxygens (including phenoxy) is 2. The summed E-state index contributed by atoms with van der Waals surface area (Å²) in [5.74, 6) is -2.19. The number of amides is 4. The summed E-state index contributed by atoms with van der Waals surface area (Å²) in [5, 5.41) is 4.01. The van der Waals surface area contributed by atoms with Gasteiger partial charge >= 0.3 is 0 Å². The van der Waals surface area contributed by atoms with Crippen LogP contribution in [0.5, 0.6) is 0 Å². The average molecular weight is 1000 g/mol. The Morgan fingerprint density at radius 2 is 1.77 bits per heavy atom. The Morgan fingerprint density at radius 3 is 2.46 bits per heavy atom. The number of hydrogen-bond donors (Lipinski definition) is 2. The predicted octanol–water partition coefficient (Wildman–Crippen LogP) is 6.41. The molecule has 2 aromatic carbocycles. The van der Waals surface area contributed by atoms with Crippen LogP contribution in [0.25, 0.3) is 33.3 Å². The summed E-state index contributed by atoms with van der Waals surface area (Å²) in [5.41, 5.74) is 9.27. The predicted molar refractivity (Wildman–Crippen MR) is 274 cm³/mol. The third-order valence-electron chi connectivity index (χ3n) is 14.3. The monoisotopic (exact) mass is 1000 g/mol. The summed E-state index contributed by atoms with van der Waals surface area (Å²) in [7, 11) is 10.3. The normalized spacial score (nSPS) is 22.7. The first-order chi connectivity index (χ1) is 33.6. The number of fused-ring (bicyclic) bond motifs is 6. The molecule has 2 aromatic heterocycles. The molecule has 5 atom stereocenters. The molecule has 2 fully saturated rings. The van der Waals surface area contributed by atoms with Gasteiger partial charge in [-0.15, -0.1) is 0 Å². The summed E-state index contributed by atoms with van der Waals surface area (Å²) < 4.78 is 27.7. The van der Waals surface area contributed by atoms with E-state index >= 15 is 4.79 Å². The molecule has 0 spiro atoms. The van der Waals surface area contributed by atoms with Crippen molar-refractivity contribution in [2.45, 2.75) is 115 Å². The third-order valence-corrected chi connectivity index (χ3v) is 15.4. The second kappa shape index (κ2) is 21.8. The van der Waals surface area contributed by atoms with Gasteiger partial charge < -0.3 is 34.0 Å². The summed E-state index contributed by atoms with van der Waals surface area (Å²) in [6.45, 7) is 14.4. The zero-order valence-corrected chi connectivity index (χ0v) is 44.6. The Bertz CT molecular complexity index is 2690. The number of alkyl halides is 1. The highest BCUT2D eigenvalue weighted by molar-refractivity contribution is 6.60. The molecule has 2 N–H and O–H groups in total. The van der Waals surface area contributed by atoms with Crippen molar-refractivity contribution in [1.29, 1.82) is 0 Å². The molecule has 4 aromatic rings. The number of aromatic nitrogens is 2. The van der Waals surface area contributed by atoms with E-state index in [4.69, 9.17) is 14.5 Å². The molecule has 2 saturated heterocycles. The van der Waals surface area contributed by atoms with E-state index in [-0.39, 0.29) is 63.2 Å². The first-order valence-corrected chi connectivity index (χ1v) is 25.7. The number of carbonyl (C=O) groups is 5. The van der Waals surface area contributed by atoms with Gasteiger partial charge in [-0.3, -0.25) is 29.2 Å². The summed E-state index contributed by atoms with van der Waals surface area (Å²) >= 11 is 0. The smallest absolute Gasteiger partial charge is 0.259 e. The van der Waals surface area contributed by atoms with E-state index in [1.54, 1.807) is 20.4 Å². The van der Waals surface area contributed by atoms with Crippen LogP contribution in [0.3, 0.4) is 0 Å². The molecule has 7 rings (SSSR count). The third kappa shape index (κ3) is 11.2. The number of benzene rings is 2. The Hall–Kier alpha value is -5.34. The van der Waals surface area contributed by atoms with Crippen molar-refractivity contribution in [3.8, 4) is 22.4 Å². The van der Waals surface area contributed by atoms with E-state index in [2.05, 4.69) is 87.8 Å². The maximum atomic E-state index is 15.0. The van der Waals surface area contributed by atoms with Gasteiger partial charge in [0.25, 0.3) is 5.91 Å². The van der Waals surface area contributed by atoms with Gasteiger partial charge in [0.2, 0.25) is 17.7 Å². The number of nitrogens with one attached hydrogen (secondary N) is 2. The molecule has 14 nitrogen and oxygen atoms in total. The number of halogens is 1. The Morgan fingerprint density at radius 1 is 1.03 bits per heavy atom. The number of pyridine rings is 1. The highest BCUT2D eigenvalue weighted by Gasteiger charge is 2.47. The first kappa shape index (κ1) is 53.5. The van der Waals surface area contributed by atoms with Crippen LogP contribution in [-0.4, -0.2) is 145 Å². The molecule has 3 aliphatic heterocycles. The number of carbonyl (C=O) groups excluding carboxylic acids is 5. The van der Waals surface area contributed by atoms with Crippen LogP contribution in [0.4, 0.5) is 4.39 Å². The number of likely N-dealkylation sites (tertiary alicyclic amines) is 1. The van der Waals surface area contributed by atoms with Crippen molar-refractivity contribution in [2.75, 3.05) is 53.7 Å². The molecule has 0 saturated carbocycles. The topological polar surface area (TPSA) is 155 Å². The van der Waals surface area contributed by atoms with Crippen LogP contribution in [-0.2, 0) is 46.3 Å². The Balaban J connectivity index is 1.31. The molecule has 4 amide bonds. The molecule has 6 bridgehead atoms. The van der Waals surface area contributed by atoms with E-state index in [0.29, 0.717) is 19.3 Å².